The van der Waals surface area contributed by atoms with E-state index in [1.165, 1.54) is 25.3 Å². The SMILES string of the molecule is COc1cc(F)c(OC2CCC(C(=O)O)CC2)cc1C(=O)NC1C2CCC(C2)C1C(=O)Nc1cccc(C(F)(F)F)c1. The number of hydrogen-bond donors (Lipinski definition) is 3. The Morgan fingerprint density at radius 3 is 2.33 bits per heavy atom. The Kier molecular flexibility index (Phi) is 8.34. The van der Waals surface area contributed by atoms with E-state index in [1.807, 2.05) is 0 Å². The number of nitrogens with one attached hydrogen (secondary N) is 2. The lowest BCUT2D eigenvalue weighted by atomic mass is 9.83. The maximum absolute atomic E-state index is 14.9. The molecule has 2 aromatic carbocycles. The molecule has 3 fully saturated rings. The molecule has 226 valence electrons. The second-order valence-corrected chi connectivity index (χ2v) is 11.3. The summed E-state index contributed by atoms with van der Waals surface area (Å²) in [5.41, 5.74) is -0.857. The molecular weight excluding hydrogens is 560 g/mol. The fraction of sp³-hybridized carbons (Fsp3) is 0.500. The van der Waals surface area contributed by atoms with E-state index < -0.39 is 59.3 Å². The predicted molar refractivity (Wildman–Crippen MR) is 143 cm³/mol. The molecule has 4 atom stereocenters. The Balaban J connectivity index is 1.31. The minimum absolute atomic E-state index is 0.00259. The predicted octanol–water partition coefficient (Wildman–Crippen LogP) is 5.66. The van der Waals surface area contributed by atoms with Crippen molar-refractivity contribution in [3.63, 3.8) is 0 Å². The average molecular weight is 593 g/mol. The Morgan fingerprint density at radius 2 is 1.67 bits per heavy atom. The number of methoxy groups -OCH3 is 1. The summed E-state index contributed by atoms with van der Waals surface area (Å²) in [4.78, 5) is 38.1. The number of rotatable bonds is 8. The fourth-order valence-electron chi connectivity index (χ4n) is 6.68. The highest BCUT2D eigenvalue weighted by molar-refractivity contribution is 5.99. The lowest BCUT2D eigenvalue weighted by Crippen LogP contribution is -2.48. The van der Waals surface area contributed by atoms with Gasteiger partial charge in [0.2, 0.25) is 5.91 Å². The number of hydrogen-bond acceptors (Lipinski definition) is 5. The van der Waals surface area contributed by atoms with Crippen LogP contribution in [-0.2, 0) is 15.8 Å². The van der Waals surface area contributed by atoms with Gasteiger partial charge in [-0.15, -0.1) is 0 Å². The standard InChI is InChI=1S/C30H32F4N2O6/c1-41-23-14-22(31)24(42-20-9-7-15(8-10-20)29(39)40)13-21(23)27(37)36-26-17-6-5-16(11-17)25(26)28(38)35-19-4-2-3-18(12-19)30(32,33)34/h2-4,12-17,20,25-26H,5-11H2,1H3,(H,35,38)(H,36,37)(H,39,40). The molecule has 2 amide bonds. The number of fused-ring (bicyclic) bond motifs is 2. The van der Waals surface area contributed by atoms with Crippen LogP contribution in [0.4, 0.5) is 23.2 Å². The first-order valence-corrected chi connectivity index (χ1v) is 14.0. The topological polar surface area (TPSA) is 114 Å². The molecule has 0 saturated heterocycles. The van der Waals surface area contributed by atoms with Crippen molar-refractivity contribution >= 4 is 23.5 Å². The van der Waals surface area contributed by atoms with E-state index in [0.717, 1.165) is 31.0 Å². The van der Waals surface area contributed by atoms with Gasteiger partial charge in [0.25, 0.3) is 5.91 Å². The highest BCUT2D eigenvalue weighted by atomic mass is 19.4. The van der Waals surface area contributed by atoms with Crippen molar-refractivity contribution in [3.8, 4) is 11.5 Å². The zero-order valence-electron chi connectivity index (χ0n) is 22.9. The first-order chi connectivity index (χ1) is 19.9. The van der Waals surface area contributed by atoms with Gasteiger partial charge < -0.3 is 25.2 Å². The van der Waals surface area contributed by atoms with Crippen LogP contribution in [0.2, 0.25) is 0 Å². The number of amides is 2. The Bertz CT molecular complexity index is 1360. The molecule has 0 aromatic heterocycles. The second kappa shape index (κ2) is 11.8. The van der Waals surface area contributed by atoms with E-state index >= 15 is 0 Å². The monoisotopic (exact) mass is 592 g/mol. The van der Waals surface area contributed by atoms with E-state index in [2.05, 4.69) is 10.6 Å². The van der Waals surface area contributed by atoms with Crippen LogP contribution in [0.25, 0.3) is 0 Å². The minimum Gasteiger partial charge on any atom is -0.496 e. The first kappa shape index (κ1) is 29.7. The van der Waals surface area contributed by atoms with E-state index in [1.54, 1.807) is 0 Å². The van der Waals surface area contributed by atoms with Crippen LogP contribution in [-0.4, -0.2) is 42.1 Å². The van der Waals surface area contributed by atoms with Crippen molar-refractivity contribution in [1.82, 2.24) is 5.32 Å². The Hall–Kier alpha value is -3.83. The first-order valence-electron chi connectivity index (χ1n) is 14.0. The minimum atomic E-state index is -4.56. The number of carboxylic acids is 1. The van der Waals surface area contributed by atoms with Crippen molar-refractivity contribution in [2.75, 3.05) is 12.4 Å². The lowest BCUT2D eigenvalue weighted by Gasteiger charge is -2.31. The normalized spacial score (nSPS) is 26.9. The average Bonchev–Trinajstić information content (AvgIpc) is 3.56. The zero-order valence-corrected chi connectivity index (χ0v) is 22.9. The van der Waals surface area contributed by atoms with E-state index in [9.17, 15) is 37.1 Å². The van der Waals surface area contributed by atoms with Crippen LogP contribution in [0, 0.1) is 29.5 Å². The smallest absolute Gasteiger partial charge is 0.416 e. The van der Waals surface area contributed by atoms with E-state index in [-0.39, 0.29) is 34.6 Å². The van der Waals surface area contributed by atoms with Crippen LogP contribution in [0.5, 0.6) is 11.5 Å². The van der Waals surface area contributed by atoms with Crippen LogP contribution in [0.1, 0.15) is 60.9 Å². The van der Waals surface area contributed by atoms with Gasteiger partial charge in [0.1, 0.15) is 5.75 Å². The van der Waals surface area contributed by atoms with Crippen molar-refractivity contribution in [1.29, 1.82) is 0 Å². The Labute approximate surface area is 239 Å². The van der Waals surface area contributed by atoms with Crippen molar-refractivity contribution in [3.05, 3.63) is 53.3 Å². The molecule has 2 aromatic rings. The molecule has 0 heterocycles. The highest BCUT2D eigenvalue weighted by Crippen LogP contribution is 2.49. The molecule has 12 heteroatoms. The third-order valence-electron chi connectivity index (χ3n) is 8.79. The Morgan fingerprint density at radius 1 is 0.952 bits per heavy atom. The highest BCUT2D eigenvalue weighted by Gasteiger charge is 2.51. The quantitative estimate of drug-likeness (QED) is 0.341. The summed E-state index contributed by atoms with van der Waals surface area (Å²) in [6.07, 6.45) is -1.06. The molecule has 3 aliphatic carbocycles. The number of carbonyl (C=O) groups is 3. The number of carbonyl (C=O) groups excluding carboxylic acids is 2. The number of anilines is 1. The van der Waals surface area contributed by atoms with Gasteiger partial charge in [0, 0.05) is 17.8 Å². The molecule has 2 bridgehead atoms. The molecular formula is C30H32F4N2O6. The van der Waals surface area contributed by atoms with E-state index in [4.69, 9.17) is 9.47 Å². The molecule has 0 radical (unpaired) electrons. The second-order valence-electron chi connectivity index (χ2n) is 11.3. The van der Waals surface area contributed by atoms with Gasteiger partial charge in [-0.05, 0) is 81.0 Å². The number of carboxylic acid groups (broad SMARTS) is 1. The number of benzene rings is 2. The van der Waals surface area contributed by atoms with Crippen molar-refractivity contribution in [2.45, 2.75) is 63.3 Å². The molecule has 5 rings (SSSR count). The van der Waals surface area contributed by atoms with Crippen LogP contribution in [0.15, 0.2) is 36.4 Å². The van der Waals surface area contributed by atoms with Crippen LogP contribution < -0.4 is 20.1 Å². The van der Waals surface area contributed by atoms with Crippen molar-refractivity contribution < 1.29 is 46.5 Å². The molecule has 3 saturated carbocycles. The van der Waals surface area contributed by atoms with Gasteiger partial charge >= 0.3 is 12.1 Å². The number of aliphatic carboxylic acids is 1. The molecule has 0 aliphatic heterocycles. The van der Waals surface area contributed by atoms with Gasteiger partial charge in [-0.3, -0.25) is 14.4 Å². The van der Waals surface area contributed by atoms with Crippen LogP contribution in [0.3, 0.4) is 0 Å². The lowest BCUT2D eigenvalue weighted by molar-refractivity contribution is -0.143. The molecule has 4 unspecified atom stereocenters. The molecule has 0 spiro atoms. The molecule has 42 heavy (non-hydrogen) atoms. The maximum atomic E-state index is 14.9. The number of halogens is 4. The maximum Gasteiger partial charge on any atom is 0.416 e. The van der Waals surface area contributed by atoms with Crippen molar-refractivity contribution in [2.24, 2.45) is 23.7 Å². The largest absolute Gasteiger partial charge is 0.496 e. The van der Waals surface area contributed by atoms with Crippen LogP contribution >= 0.6 is 0 Å². The number of ether oxygens (including phenoxy) is 2. The molecule has 8 nitrogen and oxygen atoms in total. The third-order valence-corrected chi connectivity index (χ3v) is 8.79. The number of alkyl halides is 3. The van der Waals surface area contributed by atoms with Gasteiger partial charge in [0.05, 0.1) is 36.2 Å². The summed E-state index contributed by atoms with van der Waals surface area (Å²) < 4.78 is 65.5. The fourth-order valence-corrected chi connectivity index (χ4v) is 6.68. The molecule has 3 N–H and O–H groups in total. The molecule has 3 aliphatic rings. The van der Waals surface area contributed by atoms with Gasteiger partial charge in [0.15, 0.2) is 11.6 Å². The third kappa shape index (κ3) is 6.17. The summed E-state index contributed by atoms with van der Waals surface area (Å²) in [5.74, 6) is -4.02. The summed E-state index contributed by atoms with van der Waals surface area (Å²) in [7, 11) is 1.29. The van der Waals surface area contributed by atoms with Gasteiger partial charge in [-0.2, -0.15) is 13.2 Å². The van der Waals surface area contributed by atoms with E-state index in [0.29, 0.717) is 32.1 Å². The summed E-state index contributed by atoms with van der Waals surface area (Å²) in [6, 6.07) is 6.11. The van der Waals surface area contributed by atoms with Gasteiger partial charge in [-0.1, -0.05) is 6.07 Å². The van der Waals surface area contributed by atoms with Gasteiger partial charge in [-0.25, -0.2) is 4.39 Å². The summed E-state index contributed by atoms with van der Waals surface area (Å²) in [5, 5.41) is 14.7. The summed E-state index contributed by atoms with van der Waals surface area (Å²) in [6.45, 7) is 0. The summed E-state index contributed by atoms with van der Waals surface area (Å²) >= 11 is 0. The zero-order chi connectivity index (χ0) is 30.2.